The number of benzene rings is 1. The number of nitrogens with one attached hydrogen (secondary N) is 2. The molecule has 0 aromatic heterocycles. The van der Waals surface area contributed by atoms with E-state index in [2.05, 4.69) is 10.6 Å². The number of hydrogen-bond acceptors (Lipinski definition) is 4. The molecule has 0 aliphatic heterocycles. The van der Waals surface area contributed by atoms with Gasteiger partial charge < -0.3 is 15.4 Å². The van der Waals surface area contributed by atoms with Crippen molar-refractivity contribution < 1.29 is 14.3 Å². The molecule has 2 N–H and O–H groups in total. The zero-order valence-electron chi connectivity index (χ0n) is 11.2. The molecular weight excluding hydrogens is 335 g/mol. The molecule has 0 unspecified atom stereocenters. The van der Waals surface area contributed by atoms with Gasteiger partial charge in [-0.3, -0.25) is 9.59 Å². The molecule has 0 saturated heterocycles. The average Bonchev–Trinajstić information content (AvgIpc) is 2.41. The first-order chi connectivity index (χ1) is 9.92. The second kappa shape index (κ2) is 8.81. The Balaban J connectivity index is 2.40. The molecule has 1 rings (SSSR count). The Morgan fingerprint density at radius 1 is 1.24 bits per heavy atom. The third kappa shape index (κ3) is 6.75. The van der Waals surface area contributed by atoms with Gasteiger partial charge in [-0.2, -0.15) is 0 Å². The van der Waals surface area contributed by atoms with Crippen LogP contribution in [0, 0.1) is 0 Å². The lowest BCUT2D eigenvalue weighted by Crippen LogP contribution is -2.34. The quantitative estimate of drug-likeness (QED) is 0.631. The maximum atomic E-state index is 11.6. The fourth-order valence-corrected chi connectivity index (χ4v) is 1.90. The van der Waals surface area contributed by atoms with Gasteiger partial charge in [0, 0.05) is 12.1 Å². The van der Waals surface area contributed by atoms with E-state index in [-0.39, 0.29) is 30.5 Å². The standard InChI is InChI=1S/C13H14Cl2N2O3S/c1-2-20-12(19)6-5-11(18)17-13(21)16-8-3-4-9(14)10(15)7-8/h3-4,7H,2,5-6H2,1H3,(H2,16,17,18,21). The van der Waals surface area contributed by atoms with Crippen molar-refractivity contribution in [1.82, 2.24) is 5.32 Å². The summed E-state index contributed by atoms with van der Waals surface area (Å²) >= 11 is 16.6. The maximum absolute atomic E-state index is 11.6. The van der Waals surface area contributed by atoms with E-state index in [1.807, 2.05) is 0 Å². The van der Waals surface area contributed by atoms with Gasteiger partial charge in [0.2, 0.25) is 5.91 Å². The summed E-state index contributed by atoms with van der Waals surface area (Å²) in [5.41, 5.74) is 0.597. The van der Waals surface area contributed by atoms with Gasteiger partial charge in [-0.1, -0.05) is 23.2 Å². The minimum Gasteiger partial charge on any atom is -0.466 e. The Morgan fingerprint density at radius 3 is 2.57 bits per heavy atom. The summed E-state index contributed by atoms with van der Waals surface area (Å²) < 4.78 is 4.72. The first kappa shape index (κ1) is 17.7. The molecule has 1 amide bonds. The van der Waals surface area contributed by atoms with E-state index in [1.54, 1.807) is 25.1 Å². The molecule has 1 aromatic carbocycles. The average molecular weight is 349 g/mol. The van der Waals surface area contributed by atoms with Crippen LogP contribution in [0.25, 0.3) is 0 Å². The fourth-order valence-electron chi connectivity index (χ4n) is 1.37. The van der Waals surface area contributed by atoms with Crippen LogP contribution in [0.2, 0.25) is 10.0 Å². The smallest absolute Gasteiger partial charge is 0.306 e. The van der Waals surface area contributed by atoms with E-state index >= 15 is 0 Å². The number of hydrogen-bond donors (Lipinski definition) is 2. The summed E-state index contributed by atoms with van der Waals surface area (Å²) in [5.74, 6) is -0.795. The van der Waals surface area contributed by atoms with Gasteiger partial charge in [-0.05, 0) is 37.3 Å². The minimum atomic E-state index is -0.420. The van der Waals surface area contributed by atoms with E-state index in [0.29, 0.717) is 15.7 Å². The molecule has 114 valence electrons. The monoisotopic (exact) mass is 348 g/mol. The summed E-state index contributed by atoms with van der Waals surface area (Å²) in [6.45, 7) is 1.99. The summed E-state index contributed by atoms with van der Waals surface area (Å²) in [4.78, 5) is 22.7. The van der Waals surface area contributed by atoms with Crippen LogP contribution in [0.5, 0.6) is 0 Å². The van der Waals surface area contributed by atoms with Crippen LogP contribution in [-0.2, 0) is 14.3 Å². The number of rotatable bonds is 5. The highest BCUT2D eigenvalue weighted by molar-refractivity contribution is 7.80. The lowest BCUT2D eigenvalue weighted by molar-refractivity contribution is -0.144. The Hall–Kier alpha value is -1.37. The van der Waals surface area contributed by atoms with Crippen molar-refractivity contribution in [2.24, 2.45) is 0 Å². The van der Waals surface area contributed by atoms with Crippen LogP contribution in [0.15, 0.2) is 18.2 Å². The molecular formula is C13H14Cl2N2O3S. The second-order valence-corrected chi connectivity index (χ2v) is 5.16. The Bertz CT molecular complexity index is 552. The number of anilines is 1. The number of ether oxygens (including phenoxy) is 1. The van der Waals surface area contributed by atoms with Gasteiger partial charge >= 0.3 is 5.97 Å². The molecule has 0 atom stereocenters. The van der Waals surface area contributed by atoms with Crippen molar-refractivity contribution in [1.29, 1.82) is 0 Å². The number of thiocarbonyl (C=S) groups is 1. The van der Waals surface area contributed by atoms with Gasteiger partial charge in [0.25, 0.3) is 0 Å². The zero-order chi connectivity index (χ0) is 15.8. The number of carbonyl (C=O) groups excluding carboxylic acids is 2. The fraction of sp³-hybridized carbons (Fsp3) is 0.308. The van der Waals surface area contributed by atoms with Gasteiger partial charge in [0.05, 0.1) is 23.1 Å². The highest BCUT2D eigenvalue weighted by Gasteiger charge is 2.09. The van der Waals surface area contributed by atoms with Crippen LogP contribution in [0.1, 0.15) is 19.8 Å². The van der Waals surface area contributed by atoms with Gasteiger partial charge in [-0.15, -0.1) is 0 Å². The predicted molar refractivity (Wildman–Crippen MR) is 86.7 cm³/mol. The van der Waals surface area contributed by atoms with Crippen molar-refractivity contribution in [2.45, 2.75) is 19.8 Å². The lowest BCUT2D eigenvalue weighted by Gasteiger charge is -2.10. The van der Waals surface area contributed by atoms with E-state index in [4.69, 9.17) is 40.2 Å². The van der Waals surface area contributed by atoms with Crippen LogP contribution < -0.4 is 10.6 Å². The molecule has 1 aromatic rings. The number of esters is 1. The maximum Gasteiger partial charge on any atom is 0.306 e. The second-order valence-electron chi connectivity index (χ2n) is 3.94. The van der Waals surface area contributed by atoms with Gasteiger partial charge in [-0.25, -0.2) is 0 Å². The summed E-state index contributed by atoms with van der Waals surface area (Å²) in [5, 5.41) is 6.16. The molecule has 0 saturated carbocycles. The molecule has 8 heteroatoms. The third-order valence-electron chi connectivity index (χ3n) is 2.29. The van der Waals surface area contributed by atoms with Crippen LogP contribution in [0.3, 0.4) is 0 Å². The highest BCUT2D eigenvalue weighted by Crippen LogP contribution is 2.24. The topological polar surface area (TPSA) is 67.4 Å². The number of amides is 1. The third-order valence-corrected chi connectivity index (χ3v) is 3.24. The van der Waals surface area contributed by atoms with Gasteiger partial charge in [0.15, 0.2) is 5.11 Å². The van der Waals surface area contributed by atoms with Gasteiger partial charge in [0.1, 0.15) is 0 Å². The zero-order valence-corrected chi connectivity index (χ0v) is 13.6. The van der Waals surface area contributed by atoms with Crippen molar-refractivity contribution in [3.05, 3.63) is 28.2 Å². The minimum absolute atomic E-state index is 0.00201. The summed E-state index contributed by atoms with van der Waals surface area (Å²) in [7, 11) is 0. The molecule has 0 bridgehead atoms. The molecule has 0 aliphatic carbocycles. The van der Waals surface area contributed by atoms with Crippen molar-refractivity contribution >= 4 is 58.1 Å². The highest BCUT2D eigenvalue weighted by atomic mass is 35.5. The molecule has 0 radical (unpaired) electrons. The molecule has 5 nitrogen and oxygen atoms in total. The largest absolute Gasteiger partial charge is 0.466 e. The predicted octanol–water partition coefficient (Wildman–Crippen LogP) is 3.15. The first-order valence-electron chi connectivity index (χ1n) is 6.14. The SMILES string of the molecule is CCOC(=O)CCC(=O)NC(=S)Nc1ccc(Cl)c(Cl)c1. The number of halogens is 2. The van der Waals surface area contributed by atoms with E-state index in [9.17, 15) is 9.59 Å². The Kier molecular flexibility index (Phi) is 7.42. The van der Waals surface area contributed by atoms with Crippen molar-refractivity contribution in [2.75, 3.05) is 11.9 Å². The van der Waals surface area contributed by atoms with E-state index in [0.717, 1.165) is 0 Å². The number of carbonyl (C=O) groups is 2. The van der Waals surface area contributed by atoms with Crippen LogP contribution >= 0.6 is 35.4 Å². The molecule has 0 aliphatic rings. The molecule has 0 fully saturated rings. The van der Waals surface area contributed by atoms with Crippen LogP contribution in [-0.4, -0.2) is 23.6 Å². The van der Waals surface area contributed by atoms with Crippen LogP contribution in [0.4, 0.5) is 5.69 Å². The normalized spacial score (nSPS) is 9.86. The van der Waals surface area contributed by atoms with E-state index < -0.39 is 5.97 Å². The summed E-state index contributed by atoms with van der Waals surface area (Å²) in [6, 6.07) is 4.86. The lowest BCUT2D eigenvalue weighted by atomic mass is 10.3. The first-order valence-corrected chi connectivity index (χ1v) is 7.30. The Morgan fingerprint density at radius 2 is 1.95 bits per heavy atom. The molecule has 0 heterocycles. The van der Waals surface area contributed by atoms with Crippen molar-refractivity contribution in [3.8, 4) is 0 Å². The van der Waals surface area contributed by atoms with E-state index in [1.165, 1.54) is 0 Å². The van der Waals surface area contributed by atoms with Crippen molar-refractivity contribution in [3.63, 3.8) is 0 Å². The molecule has 0 spiro atoms. The Labute approximate surface area is 137 Å². The summed E-state index contributed by atoms with van der Waals surface area (Å²) in [6.07, 6.45) is 0.0110. The molecule has 21 heavy (non-hydrogen) atoms.